The molecule has 2 atom stereocenters. The highest BCUT2D eigenvalue weighted by Crippen LogP contribution is 2.13. The predicted octanol–water partition coefficient (Wildman–Crippen LogP) is 1.25. The average Bonchev–Trinajstić information content (AvgIpc) is 1.64. The summed E-state index contributed by atoms with van der Waals surface area (Å²) in [6, 6.07) is 0. The van der Waals surface area contributed by atoms with Gasteiger partial charge in [0.1, 0.15) is 0 Å². The smallest absolute Gasteiger partial charge is 0.00229 e. The Morgan fingerprint density at radius 3 is 1.88 bits per heavy atom. The van der Waals surface area contributed by atoms with Crippen molar-refractivity contribution in [1.82, 2.24) is 5.32 Å². The molecule has 0 aromatic carbocycles. The van der Waals surface area contributed by atoms with Gasteiger partial charge in [-0.3, -0.25) is 0 Å². The van der Waals surface area contributed by atoms with Gasteiger partial charge in [0.05, 0.1) is 0 Å². The van der Waals surface area contributed by atoms with Crippen LogP contribution in [0.3, 0.4) is 0 Å². The van der Waals surface area contributed by atoms with Gasteiger partial charge in [0.2, 0.25) is 0 Å². The van der Waals surface area contributed by atoms with Crippen LogP contribution in [-0.4, -0.2) is 13.1 Å². The third-order valence-corrected chi connectivity index (χ3v) is 1.79. The minimum atomic E-state index is 0.902. The van der Waals surface area contributed by atoms with Crippen molar-refractivity contribution >= 4 is 0 Å². The molecule has 0 aliphatic carbocycles. The Balaban J connectivity index is 2.23. The van der Waals surface area contributed by atoms with E-state index < -0.39 is 0 Å². The van der Waals surface area contributed by atoms with Crippen LogP contribution < -0.4 is 5.32 Å². The fourth-order valence-corrected chi connectivity index (χ4v) is 1.43. The first kappa shape index (κ1) is 6.09. The number of nitrogens with one attached hydrogen (secondary N) is 1. The van der Waals surface area contributed by atoms with Crippen molar-refractivity contribution in [2.45, 2.75) is 20.3 Å². The van der Waals surface area contributed by atoms with Gasteiger partial charge >= 0.3 is 0 Å². The molecule has 0 unspecified atom stereocenters. The van der Waals surface area contributed by atoms with Crippen LogP contribution in [0.25, 0.3) is 0 Å². The van der Waals surface area contributed by atoms with Gasteiger partial charge in [0.15, 0.2) is 0 Å². The maximum atomic E-state index is 3.38. The lowest BCUT2D eigenvalue weighted by Gasteiger charge is -2.24. The maximum Gasteiger partial charge on any atom is -0.00229 e. The van der Waals surface area contributed by atoms with Crippen molar-refractivity contribution in [3.8, 4) is 0 Å². The Bertz CT molecular complexity index is 62.8. The van der Waals surface area contributed by atoms with Crippen molar-refractivity contribution in [2.24, 2.45) is 11.8 Å². The van der Waals surface area contributed by atoms with Crippen LogP contribution in [0.5, 0.6) is 0 Å². The van der Waals surface area contributed by atoms with Gasteiger partial charge < -0.3 is 5.32 Å². The normalized spacial score (nSPS) is 39.8. The lowest BCUT2D eigenvalue weighted by Crippen LogP contribution is -2.33. The third-order valence-electron chi connectivity index (χ3n) is 1.79. The Kier molecular flexibility index (Phi) is 1.90. The van der Waals surface area contributed by atoms with E-state index in [0.717, 1.165) is 11.8 Å². The zero-order chi connectivity index (χ0) is 5.98. The van der Waals surface area contributed by atoms with Gasteiger partial charge in [-0.15, -0.1) is 0 Å². The molecular formula is C7H15N. The highest BCUT2D eigenvalue weighted by molar-refractivity contribution is 4.69. The largest absolute Gasteiger partial charge is 0.316 e. The summed E-state index contributed by atoms with van der Waals surface area (Å²) in [6.07, 6.45) is 1.41. The summed E-state index contributed by atoms with van der Waals surface area (Å²) < 4.78 is 0. The Morgan fingerprint density at radius 1 is 1.12 bits per heavy atom. The van der Waals surface area contributed by atoms with Crippen molar-refractivity contribution in [3.05, 3.63) is 0 Å². The molecule has 0 aromatic heterocycles. The number of hydrogen-bond acceptors (Lipinski definition) is 1. The van der Waals surface area contributed by atoms with Crippen molar-refractivity contribution in [3.63, 3.8) is 0 Å². The fraction of sp³-hybridized carbons (Fsp3) is 1.00. The zero-order valence-corrected chi connectivity index (χ0v) is 5.78. The van der Waals surface area contributed by atoms with E-state index in [1.165, 1.54) is 19.5 Å². The van der Waals surface area contributed by atoms with E-state index >= 15 is 0 Å². The van der Waals surface area contributed by atoms with Crippen molar-refractivity contribution < 1.29 is 0 Å². The van der Waals surface area contributed by atoms with Crippen LogP contribution in [-0.2, 0) is 0 Å². The van der Waals surface area contributed by atoms with Gasteiger partial charge in [-0.25, -0.2) is 0 Å². The number of rotatable bonds is 0. The van der Waals surface area contributed by atoms with Crippen molar-refractivity contribution in [1.29, 1.82) is 0 Å². The van der Waals surface area contributed by atoms with E-state index in [2.05, 4.69) is 19.2 Å². The molecule has 1 rings (SSSR count). The van der Waals surface area contributed by atoms with E-state index in [1.807, 2.05) is 0 Å². The summed E-state index contributed by atoms with van der Waals surface area (Å²) in [5, 5.41) is 3.38. The first-order valence-corrected chi connectivity index (χ1v) is 3.49. The number of hydrogen-bond donors (Lipinski definition) is 1. The molecule has 0 amide bonds. The minimum absolute atomic E-state index is 0.902. The second-order valence-corrected chi connectivity index (χ2v) is 3.10. The average molecular weight is 113 g/mol. The molecule has 1 heteroatoms. The van der Waals surface area contributed by atoms with Crippen LogP contribution in [0.2, 0.25) is 0 Å². The number of piperidine rings is 1. The first-order chi connectivity index (χ1) is 3.79. The van der Waals surface area contributed by atoms with Gasteiger partial charge in [-0.05, 0) is 31.3 Å². The molecule has 1 N–H and O–H groups in total. The Labute approximate surface area is 51.5 Å². The molecule has 0 radical (unpaired) electrons. The van der Waals surface area contributed by atoms with Crippen LogP contribution >= 0.6 is 0 Å². The third kappa shape index (κ3) is 1.48. The molecule has 48 valence electrons. The molecule has 0 spiro atoms. The van der Waals surface area contributed by atoms with Crippen molar-refractivity contribution in [2.75, 3.05) is 13.1 Å². The lowest BCUT2D eigenvalue weighted by atomic mass is 9.94. The molecule has 0 bridgehead atoms. The molecule has 8 heavy (non-hydrogen) atoms. The van der Waals surface area contributed by atoms with Crippen LogP contribution in [0.4, 0.5) is 0 Å². The minimum Gasteiger partial charge on any atom is -0.316 e. The quantitative estimate of drug-likeness (QED) is 0.498. The second-order valence-electron chi connectivity index (χ2n) is 3.10. The van der Waals surface area contributed by atoms with Gasteiger partial charge in [0, 0.05) is 0 Å². The molecular weight excluding hydrogens is 98.1 g/mol. The molecule has 0 aromatic rings. The summed E-state index contributed by atoms with van der Waals surface area (Å²) in [6.45, 7) is 7.07. The first-order valence-electron chi connectivity index (χ1n) is 3.49. The van der Waals surface area contributed by atoms with E-state index in [4.69, 9.17) is 0 Å². The Morgan fingerprint density at radius 2 is 1.62 bits per heavy atom. The predicted molar refractivity (Wildman–Crippen MR) is 35.8 cm³/mol. The standard InChI is InChI=1S/C7H15N/c1-6-3-7(2)5-8-4-6/h6-8H,3-5H2,1-2H3/t6-,7-/m1/s1. The molecule has 1 aliphatic heterocycles. The molecule has 0 saturated carbocycles. The summed E-state index contributed by atoms with van der Waals surface area (Å²) in [4.78, 5) is 0. The van der Waals surface area contributed by atoms with E-state index in [0.29, 0.717) is 0 Å². The lowest BCUT2D eigenvalue weighted by molar-refractivity contribution is 0.321. The van der Waals surface area contributed by atoms with Gasteiger partial charge in [-0.2, -0.15) is 0 Å². The molecule has 1 nitrogen and oxygen atoms in total. The molecule has 1 heterocycles. The highest BCUT2D eigenvalue weighted by atomic mass is 14.9. The summed E-state index contributed by atoms with van der Waals surface area (Å²) in [5.41, 5.74) is 0. The fourth-order valence-electron chi connectivity index (χ4n) is 1.43. The SMILES string of the molecule is C[C@H]1CNC[C@H](C)C1. The molecule has 1 fully saturated rings. The van der Waals surface area contributed by atoms with Gasteiger partial charge in [0.25, 0.3) is 0 Å². The maximum absolute atomic E-state index is 3.38. The second kappa shape index (κ2) is 2.49. The van der Waals surface area contributed by atoms with E-state index in [9.17, 15) is 0 Å². The molecule has 1 aliphatic rings. The van der Waals surface area contributed by atoms with Crippen LogP contribution in [0.15, 0.2) is 0 Å². The van der Waals surface area contributed by atoms with Gasteiger partial charge in [-0.1, -0.05) is 13.8 Å². The van der Waals surface area contributed by atoms with E-state index in [1.54, 1.807) is 0 Å². The summed E-state index contributed by atoms with van der Waals surface area (Å²) >= 11 is 0. The van der Waals surface area contributed by atoms with Crippen LogP contribution in [0.1, 0.15) is 20.3 Å². The Hall–Kier alpha value is -0.0400. The monoisotopic (exact) mass is 113 g/mol. The van der Waals surface area contributed by atoms with Crippen LogP contribution in [0, 0.1) is 11.8 Å². The summed E-state index contributed by atoms with van der Waals surface area (Å²) in [7, 11) is 0. The van der Waals surface area contributed by atoms with E-state index in [-0.39, 0.29) is 0 Å². The summed E-state index contributed by atoms with van der Waals surface area (Å²) in [5.74, 6) is 1.80. The zero-order valence-electron chi connectivity index (χ0n) is 5.78. The topological polar surface area (TPSA) is 12.0 Å². The highest BCUT2D eigenvalue weighted by Gasteiger charge is 2.12. The molecule has 1 saturated heterocycles.